The average Bonchev–Trinajstić information content (AvgIpc) is 2.24. The minimum atomic E-state index is 0.234. The lowest BCUT2D eigenvalue weighted by Gasteiger charge is -2.08. The van der Waals surface area contributed by atoms with Crippen molar-refractivity contribution in [3.05, 3.63) is 45.8 Å². The SMILES string of the molecule is Cc1ccc(Br)cc1Nc1ccnc(Cl)n1. The first kappa shape index (κ1) is 11.4. The van der Waals surface area contributed by atoms with Crippen LogP contribution in [-0.2, 0) is 0 Å². The zero-order valence-corrected chi connectivity index (χ0v) is 10.9. The van der Waals surface area contributed by atoms with E-state index in [-0.39, 0.29) is 5.28 Å². The highest BCUT2D eigenvalue weighted by Crippen LogP contribution is 2.23. The van der Waals surface area contributed by atoms with Gasteiger partial charge in [-0.25, -0.2) is 9.97 Å². The molecule has 0 fully saturated rings. The number of aryl methyl sites for hydroxylation is 1. The van der Waals surface area contributed by atoms with E-state index in [1.165, 1.54) is 0 Å². The second kappa shape index (κ2) is 4.80. The maximum Gasteiger partial charge on any atom is 0.224 e. The molecule has 1 aromatic carbocycles. The van der Waals surface area contributed by atoms with Crippen molar-refractivity contribution in [1.82, 2.24) is 9.97 Å². The highest BCUT2D eigenvalue weighted by atomic mass is 79.9. The van der Waals surface area contributed by atoms with Gasteiger partial charge in [0.15, 0.2) is 0 Å². The molecular formula is C11H9BrClN3. The van der Waals surface area contributed by atoms with E-state index in [1.54, 1.807) is 12.3 Å². The van der Waals surface area contributed by atoms with Crippen LogP contribution >= 0.6 is 27.5 Å². The van der Waals surface area contributed by atoms with E-state index < -0.39 is 0 Å². The Bertz CT molecular complexity index is 516. The van der Waals surface area contributed by atoms with Crippen LogP contribution < -0.4 is 5.32 Å². The summed E-state index contributed by atoms with van der Waals surface area (Å²) in [7, 11) is 0. The second-order valence-corrected chi connectivity index (χ2v) is 4.55. The van der Waals surface area contributed by atoms with Crippen LogP contribution in [0.4, 0.5) is 11.5 Å². The fraction of sp³-hybridized carbons (Fsp3) is 0.0909. The van der Waals surface area contributed by atoms with Gasteiger partial charge in [-0.2, -0.15) is 0 Å². The zero-order chi connectivity index (χ0) is 11.5. The number of anilines is 2. The van der Waals surface area contributed by atoms with Crippen LogP contribution in [0.2, 0.25) is 5.28 Å². The van der Waals surface area contributed by atoms with Gasteiger partial charge in [0.2, 0.25) is 5.28 Å². The molecule has 5 heteroatoms. The first-order chi connectivity index (χ1) is 7.65. The summed E-state index contributed by atoms with van der Waals surface area (Å²) in [6.07, 6.45) is 1.62. The minimum Gasteiger partial charge on any atom is -0.340 e. The van der Waals surface area contributed by atoms with Crippen LogP contribution in [-0.4, -0.2) is 9.97 Å². The van der Waals surface area contributed by atoms with Gasteiger partial charge in [-0.1, -0.05) is 22.0 Å². The van der Waals surface area contributed by atoms with Crippen LogP contribution in [0.1, 0.15) is 5.56 Å². The Balaban J connectivity index is 2.30. The molecule has 0 saturated carbocycles. The average molecular weight is 299 g/mol. The highest BCUT2D eigenvalue weighted by Gasteiger charge is 2.01. The largest absolute Gasteiger partial charge is 0.340 e. The van der Waals surface area contributed by atoms with Crippen molar-refractivity contribution in [2.45, 2.75) is 6.92 Å². The lowest BCUT2D eigenvalue weighted by Crippen LogP contribution is -1.96. The molecule has 1 heterocycles. The van der Waals surface area contributed by atoms with E-state index in [1.807, 2.05) is 25.1 Å². The van der Waals surface area contributed by atoms with E-state index >= 15 is 0 Å². The van der Waals surface area contributed by atoms with Gasteiger partial charge in [-0.05, 0) is 42.3 Å². The Labute approximate surface area is 107 Å². The molecule has 0 bridgehead atoms. The summed E-state index contributed by atoms with van der Waals surface area (Å²) in [5.41, 5.74) is 2.13. The Morgan fingerprint density at radius 1 is 1.31 bits per heavy atom. The third-order valence-electron chi connectivity index (χ3n) is 2.09. The van der Waals surface area contributed by atoms with E-state index in [9.17, 15) is 0 Å². The van der Waals surface area contributed by atoms with Crippen LogP contribution in [0.15, 0.2) is 34.9 Å². The summed E-state index contributed by atoms with van der Waals surface area (Å²) in [5, 5.41) is 3.42. The number of aromatic nitrogens is 2. The molecule has 2 rings (SSSR count). The Kier molecular flexibility index (Phi) is 3.41. The molecule has 3 nitrogen and oxygen atoms in total. The van der Waals surface area contributed by atoms with Gasteiger partial charge in [-0.3, -0.25) is 0 Å². The molecule has 0 aliphatic carbocycles. The van der Waals surface area contributed by atoms with Crippen molar-refractivity contribution in [3.8, 4) is 0 Å². The third-order valence-corrected chi connectivity index (χ3v) is 2.76. The molecule has 0 amide bonds. The zero-order valence-electron chi connectivity index (χ0n) is 8.54. The van der Waals surface area contributed by atoms with Gasteiger partial charge >= 0.3 is 0 Å². The highest BCUT2D eigenvalue weighted by molar-refractivity contribution is 9.10. The maximum absolute atomic E-state index is 5.71. The first-order valence-electron chi connectivity index (χ1n) is 4.67. The van der Waals surface area contributed by atoms with Gasteiger partial charge in [0.25, 0.3) is 0 Å². The standard InChI is InChI=1S/C11H9BrClN3/c1-7-2-3-8(12)6-9(7)15-10-4-5-14-11(13)16-10/h2-6H,1H3,(H,14,15,16). The van der Waals surface area contributed by atoms with Gasteiger partial charge in [0.1, 0.15) is 5.82 Å². The molecule has 0 saturated heterocycles. The normalized spacial score (nSPS) is 10.2. The summed E-state index contributed by atoms with van der Waals surface area (Å²) in [4.78, 5) is 7.89. The van der Waals surface area contributed by atoms with Crippen molar-refractivity contribution >= 4 is 39.0 Å². The van der Waals surface area contributed by atoms with Gasteiger partial charge in [0, 0.05) is 16.4 Å². The predicted molar refractivity (Wildman–Crippen MR) is 69.2 cm³/mol. The van der Waals surface area contributed by atoms with Crippen molar-refractivity contribution in [2.24, 2.45) is 0 Å². The molecule has 0 atom stereocenters. The van der Waals surface area contributed by atoms with Gasteiger partial charge < -0.3 is 5.32 Å². The minimum absolute atomic E-state index is 0.234. The number of rotatable bonds is 2. The van der Waals surface area contributed by atoms with Crippen molar-refractivity contribution < 1.29 is 0 Å². The topological polar surface area (TPSA) is 37.8 Å². The maximum atomic E-state index is 5.71. The third kappa shape index (κ3) is 2.71. The van der Waals surface area contributed by atoms with Crippen LogP contribution in [0.5, 0.6) is 0 Å². The number of nitrogens with zero attached hydrogens (tertiary/aromatic N) is 2. The quantitative estimate of drug-likeness (QED) is 0.853. The van der Waals surface area contributed by atoms with Crippen LogP contribution in [0, 0.1) is 6.92 Å². The van der Waals surface area contributed by atoms with Gasteiger partial charge in [0.05, 0.1) is 0 Å². The van der Waals surface area contributed by atoms with Crippen molar-refractivity contribution in [2.75, 3.05) is 5.32 Å². The van der Waals surface area contributed by atoms with Crippen LogP contribution in [0.25, 0.3) is 0 Å². The first-order valence-corrected chi connectivity index (χ1v) is 5.84. The second-order valence-electron chi connectivity index (χ2n) is 3.30. The molecule has 0 aliphatic rings. The molecule has 0 unspecified atom stereocenters. The Morgan fingerprint density at radius 3 is 2.88 bits per heavy atom. The smallest absolute Gasteiger partial charge is 0.224 e. The van der Waals surface area contributed by atoms with Crippen molar-refractivity contribution in [3.63, 3.8) is 0 Å². The fourth-order valence-corrected chi connectivity index (χ4v) is 1.78. The molecular weight excluding hydrogens is 289 g/mol. The molecule has 0 radical (unpaired) electrons. The number of hydrogen-bond donors (Lipinski definition) is 1. The molecule has 82 valence electrons. The summed E-state index contributed by atoms with van der Waals surface area (Å²) in [6, 6.07) is 7.78. The predicted octanol–water partition coefficient (Wildman–Crippen LogP) is 3.94. The summed E-state index contributed by atoms with van der Waals surface area (Å²) < 4.78 is 1.01. The number of hydrogen-bond acceptors (Lipinski definition) is 3. The number of benzene rings is 1. The molecule has 16 heavy (non-hydrogen) atoms. The summed E-state index contributed by atoms with van der Waals surface area (Å²) in [5.74, 6) is 0.682. The molecule has 0 spiro atoms. The van der Waals surface area contributed by atoms with Gasteiger partial charge in [-0.15, -0.1) is 0 Å². The number of halogens is 2. The van der Waals surface area contributed by atoms with E-state index in [0.717, 1.165) is 15.7 Å². The summed E-state index contributed by atoms with van der Waals surface area (Å²) >= 11 is 9.14. The molecule has 0 aliphatic heterocycles. The monoisotopic (exact) mass is 297 g/mol. The Hall–Kier alpha value is -1.13. The van der Waals surface area contributed by atoms with E-state index in [4.69, 9.17) is 11.6 Å². The fourth-order valence-electron chi connectivity index (χ4n) is 1.27. The molecule has 2 aromatic rings. The molecule has 1 N–H and O–H groups in total. The Morgan fingerprint density at radius 2 is 2.12 bits per heavy atom. The van der Waals surface area contributed by atoms with Crippen molar-refractivity contribution in [1.29, 1.82) is 0 Å². The lowest BCUT2D eigenvalue weighted by molar-refractivity contribution is 1.16. The number of nitrogens with one attached hydrogen (secondary N) is 1. The van der Waals surface area contributed by atoms with Crippen LogP contribution in [0.3, 0.4) is 0 Å². The van der Waals surface area contributed by atoms with E-state index in [0.29, 0.717) is 5.82 Å². The van der Waals surface area contributed by atoms with E-state index in [2.05, 4.69) is 31.2 Å². The lowest BCUT2D eigenvalue weighted by atomic mass is 10.2. The summed E-state index contributed by atoms with van der Waals surface area (Å²) in [6.45, 7) is 2.03. The molecule has 1 aromatic heterocycles.